The van der Waals surface area contributed by atoms with E-state index in [0.29, 0.717) is 6.54 Å². The van der Waals surface area contributed by atoms with Gasteiger partial charge in [0, 0.05) is 17.0 Å². The van der Waals surface area contributed by atoms with Gasteiger partial charge in [-0.2, -0.15) is 0 Å². The normalized spacial score (nSPS) is 12.0. The van der Waals surface area contributed by atoms with Crippen LogP contribution in [0.25, 0.3) is 10.2 Å². The average Bonchev–Trinajstić information content (AvgIpc) is 2.73. The second-order valence-corrected chi connectivity index (χ2v) is 5.84. The van der Waals surface area contributed by atoms with Crippen LogP contribution in [0.2, 0.25) is 0 Å². The molecule has 0 aliphatic heterocycles. The van der Waals surface area contributed by atoms with Crippen LogP contribution in [-0.2, 0) is 6.42 Å². The Bertz CT molecular complexity index is 518. The van der Waals surface area contributed by atoms with E-state index in [-0.39, 0.29) is 5.54 Å². The lowest BCUT2D eigenvalue weighted by Crippen LogP contribution is -2.39. The molecule has 4 nitrogen and oxygen atoms in total. The number of thiophene rings is 1. The molecule has 2 rings (SSSR count). The molecular weight excluding hydrogens is 232 g/mol. The quantitative estimate of drug-likeness (QED) is 0.874. The Morgan fingerprint density at radius 3 is 2.82 bits per heavy atom. The Labute approximate surface area is 105 Å². The van der Waals surface area contributed by atoms with Crippen molar-refractivity contribution in [1.82, 2.24) is 9.97 Å². The van der Waals surface area contributed by atoms with Crippen LogP contribution in [0.15, 0.2) is 12.4 Å². The molecule has 0 unspecified atom stereocenters. The highest BCUT2D eigenvalue weighted by Gasteiger charge is 2.17. The van der Waals surface area contributed by atoms with Gasteiger partial charge < -0.3 is 11.1 Å². The number of anilines is 1. The van der Waals surface area contributed by atoms with E-state index in [1.165, 1.54) is 4.88 Å². The molecule has 0 atom stereocenters. The second kappa shape index (κ2) is 4.58. The summed E-state index contributed by atoms with van der Waals surface area (Å²) in [5, 5.41) is 4.47. The van der Waals surface area contributed by atoms with Gasteiger partial charge in [0.05, 0.1) is 5.39 Å². The molecule has 17 heavy (non-hydrogen) atoms. The third kappa shape index (κ3) is 2.56. The van der Waals surface area contributed by atoms with Crippen LogP contribution in [0, 0.1) is 0 Å². The number of rotatable bonds is 4. The van der Waals surface area contributed by atoms with Crippen LogP contribution >= 0.6 is 11.3 Å². The average molecular weight is 250 g/mol. The molecule has 92 valence electrons. The fraction of sp³-hybridized carbons (Fsp3) is 0.500. The van der Waals surface area contributed by atoms with Gasteiger partial charge in [0.2, 0.25) is 0 Å². The number of aromatic nitrogens is 2. The molecular formula is C12H18N4S. The van der Waals surface area contributed by atoms with Gasteiger partial charge in [-0.05, 0) is 26.3 Å². The number of hydrogen-bond acceptors (Lipinski definition) is 5. The van der Waals surface area contributed by atoms with E-state index in [2.05, 4.69) is 42.1 Å². The largest absolute Gasteiger partial charge is 0.363 e. The number of fused-ring (bicyclic) bond motifs is 1. The van der Waals surface area contributed by atoms with Crippen molar-refractivity contribution in [2.24, 2.45) is 5.73 Å². The number of nitrogens with one attached hydrogen (secondary N) is 1. The molecule has 0 amide bonds. The second-order valence-electron chi connectivity index (χ2n) is 4.72. The number of nitrogens with two attached hydrogens (primary N) is 1. The molecule has 0 bridgehead atoms. The zero-order valence-electron chi connectivity index (χ0n) is 10.4. The van der Waals surface area contributed by atoms with Gasteiger partial charge in [0.1, 0.15) is 17.0 Å². The molecule has 5 heteroatoms. The van der Waals surface area contributed by atoms with Crippen LogP contribution in [0.1, 0.15) is 25.6 Å². The summed E-state index contributed by atoms with van der Waals surface area (Å²) in [4.78, 5) is 11.0. The predicted molar refractivity (Wildman–Crippen MR) is 73.5 cm³/mol. The maximum atomic E-state index is 5.73. The van der Waals surface area contributed by atoms with Crippen molar-refractivity contribution in [2.75, 3.05) is 11.9 Å². The minimum atomic E-state index is -0.157. The van der Waals surface area contributed by atoms with Gasteiger partial charge in [-0.3, -0.25) is 0 Å². The highest BCUT2D eigenvalue weighted by atomic mass is 32.1. The fourth-order valence-corrected chi connectivity index (χ4v) is 2.49. The number of hydrogen-bond donors (Lipinski definition) is 2. The molecule has 0 radical (unpaired) electrons. The minimum absolute atomic E-state index is 0.157. The summed E-state index contributed by atoms with van der Waals surface area (Å²) in [7, 11) is 0. The lowest BCUT2D eigenvalue weighted by Gasteiger charge is -2.25. The zero-order chi connectivity index (χ0) is 12.5. The van der Waals surface area contributed by atoms with Crippen LogP contribution in [-0.4, -0.2) is 22.1 Å². The number of aryl methyl sites for hydroxylation is 1. The summed E-state index contributed by atoms with van der Waals surface area (Å²) >= 11 is 1.72. The van der Waals surface area contributed by atoms with Crippen molar-refractivity contribution in [3.8, 4) is 0 Å². The van der Waals surface area contributed by atoms with Crippen molar-refractivity contribution in [2.45, 2.75) is 32.7 Å². The molecule has 0 aromatic carbocycles. The molecule has 0 fully saturated rings. The van der Waals surface area contributed by atoms with E-state index in [1.807, 2.05) is 0 Å². The van der Waals surface area contributed by atoms with Crippen LogP contribution < -0.4 is 11.1 Å². The van der Waals surface area contributed by atoms with Crippen molar-refractivity contribution in [3.63, 3.8) is 0 Å². The predicted octanol–water partition coefficient (Wildman–Crippen LogP) is 2.40. The Morgan fingerprint density at radius 2 is 2.18 bits per heavy atom. The maximum Gasteiger partial charge on any atom is 0.138 e. The molecule has 2 aromatic heterocycles. The first-order chi connectivity index (χ1) is 8.05. The molecule has 0 spiro atoms. The zero-order valence-corrected chi connectivity index (χ0v) is 11.3. The van der Waals surface area contributed by atoms with Gasteiger partial charge in [-0.15, -0.1) is 11.3 Å². The van der Waals surface area contributed by atoms with E-state index >= 15 is 0 Å². The van der Waals surface area contributed by atoms with Gasteiger partial charge in [0.25, 0.3) is 0 Å². The monoisotopic (exact) mass is 250 g/mol. The first-order valence-electron chi connectivity index (χ1n) is 5.77. The SMILES string of the molecule is CCc1cc2c(NC(C)(C)CN)ncnc2s1. The van der Waals surface area contributed by atoms with Crippen molar-refractivity contribution < 1.29 is 0 Å². The van der Waals surface area contributed by atoms with Crippen LogP contribution in [0.4, 0.5) is 5.82 Å². The van der Waals surface area contributed by atoms with Crippen molar-refractivity contribution >= 4 is 27.4 Å². The van der Waals surface area contributed by atoms with Crippen LogP contribution in [0.5, 0.6) is 0 Å². The number of nitrogens with zero attached hydrogens (tertiary/aromatic N) is 2. The molecule has 2 heterocycles. The Balaban J connectivity index is 2.43. The summed E-state index contributed by atoms with van der Waals surface area (Å²) in [5.41, 5.74) is 5.57. The van der Waals surface area contributed by atoms with Gasteiger partial charge >= 0.3 is 0 Å². The Hall–Kier alpha value is -1.20. The lowest BCUT2D eigenvalue weighted by atomic mass is 10.1. The van der Waals surface area contributed by atoms with Crippen molar-refractivity contribution in [3.05, 3.63) is 17.3 Å². The summed E-state index contributed by atoms with van der Waals surface area (Å²) in [6.45, 7) is 6.83. The first-order valence-corrected chi connectivity index (χ1v) is 6.59. The summed E-state index contributed by atoms with van der Waals surface area (Å²) in [6, 6.07) is 2.16. The van der Waals surface area contributed by atoms with E-state index < -0.39 is 0 Å². The van der Waals surface area contributed by atoms with E-state index in [9.17, 15) is 0 Å². The third-order valence-corrected chi connectivity index (χ3v) is 3.88. The Kier molecular flexibility index (Phi) is 3.31. The first kappa shape index (κ1) is 12.3. The minimum Gasteiger partial charge on any atom is -0.363 e. The molecule has 0 aliphatic rings. The highest BCUT2D eigenvalue weighted by molar-refractivity contribution is 7.18. The molecule has 2 aromatic rings. The van der Waals surface area contributed by atoms with Gasteiger partial charge in [0.15, 0.2) is 0 Å². The van der Waals surface area contributed by atoms with E-state index in [0.717, 1.165) is 22.5 Å². The fourth-order valence-electron chi connectivity index (χ4n) is 1.55. The third-order valence-electron chi connectivity index (χ3n) is 2.70. The van der Waals surface area contributed by atoms with Crippen molar-refractivity contribution in [1.29, 1.82) is 0 Å². The Morgan fingerprint density at radius 1 is 1.41 bits per heavy atom. The van der Waals surface area contributed by atoms with E-state index in [1.54, 1.807) is 17.7 Å². The standard InChI is InChI=1S/C12H18N4S/c1-4-8-5-9-10(16-12(2,3)6-13)14-7-15-11(9)17-8/h5,7H,4,6,13H2,1-3H3,(H,14,15,16). The maximum absolute atomic E-state index is 5.73. The summed E-state index contributed by atoms with van der Waals surface area (Å²) < 4.78 is 0. The summed E-state index contributed by atoms with van der Waals surface area (Å²) in [6.07, 6.45) is 2.63. The molecule has 0 saturated carbocycles. The van der Waals surface area contributed by atoms with Crippen LogP contribution in [0.3, 0.4) is 0 Å². The van der Waals surface area contributed by atoms with E-state index in [4.69, 9.17) is 5.73 Å². The van der Waals surface area contributed by atoms with Gasteiger partial charge in [-0.25, -0.2) is 9.97 Å². The smallest absolute Gasteiger partial charge is 0.138 e. The molecule has 0 aliphatic carbocycles. The van der Waals surface area contributed by atoms with Gasteiger partial charge in [-0.1, -0.05) is 6.92 Å². The topological polar surface area (TPSA) is 63.8 Å². The summed E-state index contributed by atoms with van der Waals surface area (Å²) in [5.74, 6) is 0.876. The molecule has 3 N–H and O–H groups in total. The highest BCUT2D eigenvalue weighted by Crippen LogP contribution is 2.29. The lowest BCUT2D eigenvalue weighted by molar-refractivity contribution is 0.578. The molecule has 0 saturated heterocycles.